The number of likely N-dealkylation sites (tertiary alicyclic amines) is 1. The summed E-state index contributed by atoms with van der Waals surface area (Å²) in [7, 11) is 0. The first-order chi connectivity index (χ1) is 11.4. The first kappa shape index (κ1) is 19.2. The quantitative estimate of drug-likeness (QED) is 0.707. The molecule has 1 aromatic rings. The number of carbonyl (C=O) groups is 2. The highest BCUT2D eigenvalue weighted by atomic mass is 19.4. The molecular weight excluding hydrogens is 342 g/mol. The summed E-state index contributed by atoms with van der Waals surface area (Å²) in [5.74, 6) is -2.59. The number of amides is 1. The van der Waals surface area contributed by atoms with Gasteiger partial charge in [-0.1, -0.05) is 6.07 Å². The molecule has 0 aliphatic carbocycles. The van der Waals surface area contributed by atoms with E-state index in [2.05, 4.69) is 0 Å². The van der Waals surface area contributed by atoms with Crippen LogP contribution in [0.4, 0.5) is 22.4 Å². The van der Waals surface area contributed by atoms with Gasteiger partial charge in [0, 0.05) is 12.5 Å². The zero-order valence-electron chi connectivity index (χ0n) is 14.1. The molecule has 0 N–H and O–H groups in total. The van der Waals surface area contributed by atoms with Crippen molar-refractivity contribution in [2.45, 2.75) is 44.9 Å². The van der Waals surface area contributed by atoms with Gasteiger partial charge in [0.05, 0.1) is 12.1 Å². The molecule has 1 fully saturated rings. The maximum absolute atomic E-state index is 13.4. The van der Waals surface area contributed by atoms with E-state index in [4.69, 9.17) is 4.74 Å². The number of rotatable bonds is 1. The Morgan fingerprint density at radius 1 is 1.24 bits per heavy atom. The topological polar surface area (TPSA) is 46.6 Å². The average Bonchev–Trinajstić information content (AvgIpc) is 2.45. The van der Waals surface area contributed by atoms with Gasteiger partial charge < -0.3 is 9.64 Å². The van der Waals surface area contributed by atoms with Crippen molar-refractivity contribution in [3.8, 4) is 0 Å². The molecule has 0 spiro atoms. The highest BCUT2D eigenvalue weighted by Gasteiger charge is 2.37. The lowest BCUT2D eigenvalue weighted by Gasteiger charge is -2.32. The summed E-state index contributed by atoms with van der Waals surface area (Å²) in [6.45, 7) is 4.99. The second-order valence-corrected chi connectivity index (χ2v) is 6.95. The molecule has 25 heavy (non-hydrogen) atoms. The molecule has 1 saturated heterocycles. The van der Waals surface area contributed by atoms with Crippen molar-refractivity contribution in [3.63, 3.8) is 0 Å². The molecule has 0 bridgehead atoms. The standard InChI is InChI=1S/C17H19F4NO3/c1-16(2,3)25-15(24)22-7-6-11(14(23)9-22)10-4-5-13(18)12(8-10)17(19,20)21/h4-5,8,11H,6-7,9H2,1-3H3/t11-/m0/s1. The predicted molar refractivity (Wildman–Crippen MR) is 81.6 cm³/mol. The van der Waals surface area contributed by atoms with Crippen LogP contribution in [0.2, 0.25) is 0 Å². The van der Waals surface area contributed by atoms with Gasteiger partial charge in [0.2, 0.25) is 0 Å². The zero-order valence-corrected chi connectivity index (χ0v) is 14.1. The van der Waals surface area contributed by atoms with E-state index in [9.17, 15) is 27.2 Å². The molecule has 1 amide bonds. The van der Waals surface area contributed by atoms with E-state index < -0.39 is 41.0 Å². The van der Waals surface area contributed by atoms with Crippen LogP contribution in [0.25, 0.3) is 0 Å². The minimum atomic E-state index is -4.83. The third-order valence-corrected chi connectivity index (χ3v) is 3.77. The molecule has 1 aliphatic rings. The first-order valence-corrected chi connectivity index (χ1v) is 7.76. The van der Waals surface area contributed by atoms with Crippen LogP contribution < -0.4 is 0 Å². The number of carbonyl (C=O) groups excluding carboxylic acids is 2. The SMILES string of the molecule is CC(C)(C)OC(=O)N1CC[C@@H](c2ccc(F)c(C(F)(F)F)c2)C(=O)C1. The maximum Gasteiger partial charge on any atom is 0.419 e. The Bertz CT molecular complexity index is 679. The van der Waals surface area contributed by atoms with Gasteiger partial charge in [-0.05, 0) is 44.9 Å². The van der Waals surface area contributed by atoms with Crippen LogP contribution in [0.5, 0.6) is 0 Å². The van der Waals surface area contributed by atoms with Gasteiger partial charge in [-0.25, -0.2) is 9.18 Å². The van der Waals surface area contributed by atoms with Crippen molar-refractivity contribution >= 4 is 11.9 Å². The van der Waals surface area contributed by atoms with Crippen LogP contribution in [0.3, 0.4) is 0 Å². The number of halogens is 4. The third kappa shape index (κ3) is 4.70. The first-order valence-electron chi connectivity index (χ1n) is 7.76. The van der Waals surface area contributed by atoms with Crippen LogP contribution >= 0.6 is 0 Å². The van der Waals surface area contributed by atoms with Crippen molar-refractivity contribution in [3.05, 3.63) is 35.1 Å². The Labute approximate surface area is 142 Å². The third-order valence-electron chi connectivity index (χ3n) is 3.77. The molecule has 8 heteroatoms. The Hall–Kier alpha value is -2.12. The van der Waals surface area contributed by atoms with Gasteiger partial charge in [-0.3, -0.25) is 4.79 Å². The average molecular weight is 361 g/mol. The number of ether oxygens (including phenoxy) is 1. The van der Waals surface area contributed by atoms with Crippen molar-refractivity contribution in [1.82, 2.24) is 4.90 Å². The number of alkyl halides is 3. The Kier molecular flexibility index (Phi) is 5.11. The summed E-state index contributed by atoms with van der Waals surface area (Å²) < 4.78 is 57.0. The predicted octanol–water partition coefficient (Wildman–Crippen LogP) is 4.14. The van der Waals surface area contributed by atoms with Crippen molar-refractivity contribution in [2.24, 2.45) is 0 Å². The second kappa shape index (κ2) is 6.65. The van der Waals surface area contributed by atoms with Gasteiger partial charge in [0.1, 0.15) is 11.4 Å². The summed E-state index contributed by atoms with van der Waals surface area (Å²) >= 11 is 0. The van der Waals surface area contributed by atoms with E-state index in [1.54, 1.807) is 20.8 Å². The molecule has 4 nitrogen and oxygen atoms in total. The highest BCUT2D eigenvalue weighted by Crippen LogP contribution is 2.35. The van der Waals surface area contributed by atoms with Crippen LogP contribution in [0, 0.1) is 5.82 Å². The summed E-state index contributed by atoms with van der Waals surface area (Å²) in [5.41, 5.74) is -2.01. The van der Waals surface area contributed by atoms with Gasteiger partial charge in [0.25, 0.3) is 0 Å². The summed E-state index contributed by atoms with van der Waals surface area (Å²) in [4.78, 5) is 25.5. The molecule has 2 rings (SSSR count). The lowest BCUT2D eigenvalue weighted by molar-refractivity contribution is -0.140. The monoisotopic (exact) mass is 361 g/mol. The fourth-order valence-corrected chi connectivity index (χ4v) is 2.64. The van der Waals surface area contributed by atoms with Gasteiger partial charge in [0.15, 0.2) is 5.78 Å². The normalized spacial score (nSPS) is 19.1. The van der Waals surface area contributed by atoms with E-state index >= 15 is 0 Å². The van der Waals surface area contributed by atoms with E-state index in [0.717, 1.165) is 0 Å². The molecule has 138 valence electrons. The number of hydrogen-bond acceptors (Lipinski definition) is 3. The van der Waals surface area contributed by atoms with E-state index in [1.807, 2.05) is 0 Å². The fourth-order valence-electron chi connectivity index (χ4n) is 2.64. The molecule has 0 aromatic heterocycles. The lowest BCUT2D eigenvalue weighted by Crippen LogP contribution is -2.45. The molecular formula is C17H19F4NO3. The minimum Gasteiger partial charge on any atom is -0.444 e. The van der Waals surface area contributed by atoms with E-state index in [-0.39, 0.29) is 25.1 Å². The van der Waals surface area contributed by atoms with Gasteiger partial charge >= 0.3 is 12.3 Å². The molecule has 1 aromatic carbocycles. The highest BCUT2D eigenvalue weighted by molar-refractivity contribution is 5.91. The van der Waals surface area contributed by atoms with Crippen LogP contribution in [-0.4, -0.2) is 35.5 Å². The molecule has 1 aliphatic heterocycles. The van der Waals surface area contributed by atoms with E-state index in [1.165, 1.54) is 11.0 Å². The van der Waals surface area contributed by atoms with Crippen LogP contribution in [0.15, 0.2) is 18.2 Å². The van der Waals surface area contributed by atoms with E-state index in [0.29, 0.717) is 12.1 Å². The molecule has 1 heterocycles. The lowest BCUT2D eigenvalue weighted by atomic mass is 9.87. The largest absolute Gasteiger partial charge is 0.444 e. The summed E-state index contributed by atoms with van der Waals surface area (Å²) in [6, 6.07) is 2.56. The molecule has 0 radical (unpaired) electrons. The van der Waals surface area contributed by atoms with Gasteiger partial charge in [-0.2, -0.15) is 13.2 Å². The minimum absolute atomic E-state index is 0.0996. The number of nitrogens with zero attached hydrogens (tertiary/aromatic N) is 1. The van der Waals surface area contributed by atoms with Crippen molar-refractivity contribution < 1.29 is 31.9 Å². The van der Waals surface area contributed by atoms with Crippen LogP contribution in [-0.2, 0) is 15.7 Å². The number of ketones is 1. The fraction of sp³-hybridized carbons (Fsp3) is 0.529. The Morgan fingerprint density at radius 3 is 2.40 bits per heavy atom. The Morgan fingerprint density at radius 2 is 1.88 bits per heavy atom. The Balaban J connectivity index is 2.15. The maximum atomic E-state index is 13.4. The summed E-state index contributed by atoms with van der Waals surface area (Å²) in [6.07, 6.45) is -5.32. The number of benzene rings is 1. The zero-order chi connectivity index (χ0) is 19.0. The molecule has 0 unspecified atom stereocenters. The van der Waals surface area contributed by atoms with Crippen molar-refractivity contribution in [1.29, 1.82) is 0 Å². The second-order valence-electron chi connectivity index (χ2n) is 6.95. The van der Waals surface area contributed by atoms with Crippen LogP contribution in [0.1, 0.15) is 44.2 Å². The van der Waals surface area contributed by atoms with Crippen molar-refractivity contribution in [2.75, 3.05) is 13.1 Å². The van der Waals surface area contributed by atoms with Gasteiger partial charge in [-0.15, -0.1) is 0 Å². The smallest absolute Gasteiger partial charge is 0.419 e. The molecule has 0 saturated carbocycles. The summed E-state index contributed by atoms with van der Waals surface area (Å²) in [5, 5.41) is 0. The number of Topliss-reactive ketones (excluding diaryl/α,β-unsaturated/α-hetero) is 1. The molecule has 1 atom stereocenters. The number of hydrogen-bond donors (Lipinski definition) is 0. The number of piperidine rings is 1.